The smallest absolute Gasteiger partial charge is 0.0904 e. The van der Waals surface area contributed by atoms with Gasteiger partial charge in [0, 0.05) is 40.1 Å². The van der Waals surface area contributed by atoms with Crippen LogP contribution >= 0.6 is 186 Å². The minimum Gasteiger partial charge on any atom is -0.143 e. The SMILES string of the molecule is Brc1cc(Br)c(-c2sc(Br)cc2Br)s1.C[Si](C)(C)c1cc(Br)c(-c2sc([Si](C)(C)C)cc2Br)s1.C[Si](C)(C)c1cc2c(s1)-c1sc([Si](C)(C)C)cc1-c1cc([Si](C)(C)C)sc1-c1sc([Si](C)(C)C)cc1-2. The van der Waals surface area contributed by atoms with E-state index in [1.54, 1.807) is 69.2 Å². The van der Waals surface area contributed by atoms with Gasteiger partial charge in [0.2, 0.25) is 0 Å². The quantitative estimate of drug-likeness (QED) is 0.133. The van der Waals surface area contributed by atoms with Crippen molar-refractivity contribution in [3.8, 4) is 61.3 Å². The zero-order valence-corrected chi connectivity index (χ0v) is 65.2. The van der Waals surface area contributed by atoms with E-state index in [1.807, 2.05) is 22.7 Å². The molecule has 8 heterocycles. The summed E-state index contributed by atoms with van der Waals surface area (Å²) in [5.41, 5.74) is 6.08. The average Bonchev–Trinajstić information content (AvgIpc) is 4.03. The molecule has 70 heavy (non-hydrogen) atoms. The molecule has 1 aliphatic rings. The van der Waals surface area contributed by atoms with Crippen molar-refractivity contribution in [2.45, 2.75) is 118 Å². The summed E-state index contributed by atoms with van der Waals surface area (Å²) in [6.07, 6.45) is 0. The Morgan fingerprint density at radius 1 is 0.229 bits per heavy atom. The van der Waals surface area contributed by atoms with Gasteiger partial charge in [-0.2, -0.15) is 0 Å². The van der Waals surface area contributed by atoms with Crippen LogP contribution < -0.4 is 27.0 Å². The molecule has 0 fully saturated rings. The summed E-state index contributed by atoms with van der Waals surface area (Å²) in [6, 6.07) is 19.3. The lowest BCUT2D eigenvalue weighted by Crippen LogP contribution is -2.35. The van der Waals surface area contributed by atoms with Crippen molar-refractivity contribution in [1.82, 2.24) is 0 Å². The minimum absolute atomic E-state index is 1.13. The molecule has 0 spiro atoms. The normalized spacial score (nSPS) is 13.1. The Morgan fingerprint density at radius 3 is 0.571 bits per heavy atom. The second-order valence-electron chi connectivity index (χ2n) is 23.9. The van der Waals surface area contributed by atoms with Gasteiger partial charge < -0.3 is 0 Å². The first kappa shape index (κ1) is 59.4. The standard InChI is InChI=1S/C28H40S4Si4.C14H20Br2S2Si2.C8H2Br4S2/c1-33(2,3)21-13-17-18-14-22(34(4,5)6)31-27(18)28-20(16-24(32-28)36(10,11)12)19-15-23(35(7,8)9)30-26(19)25(17)29-21;1-19(2,3)11-7-9(15)13(17-11)14-10(16)8-12(18-14)20(4,5)6;9-3-1-5(11)13-7(3)8-4(10)2-6(12)14-8/h13-16H,1-12H3;7-8H,1-6H3;1-2H. The van der Waals surface area contributed by atoms with Gasteiger partial charge in [-0.3, -0.25) is 0 Å². The summed E-state index contributed by atoms with van der Waals surface area (Å²) in [5, 5.41) is 0. The van der Waals surface area contributed by atoms with Crippen LogP contribution in [0.3, 0.4) is 0 Å². The molecule has 0 saturated heterocycles. The molecule has 20 heteroatoms. The van der Waals surface area contributed by atoms with Gasteiger partial charge in [0.15, 0.2) is 0 Å². The summed E-state index contributed by atoms with van der Waals surface area (Å²) < 4.78 is 16.7. The van der Waals surface area contributed by atoms with E-state index in [4.69, 9.17) is 0 Å². The lowest BCUT2D eigenvalue weighted by molar-refractivity contribution is 1.72. The van der Waals surface area contributed by atoms with E-state index in [0.29, 0.717) is 0 Å². The van der Waals surface area contributed by atoms with Crippen LogP contribution in [-0.2, 0) is 0 Å². The molecule has 0 N–H and O–H groups in total. The summed E-state index contributed by atoms with van der Waals surface area (Å²) >= 11 is 37.4. The van der Waals surface area contributed by atoms with Gasteiger partial charge in [-0.25, -0.2) is 0 Å². The summed E-state index contributed by atoms with van der Waals surface area (Å²) in [6.45, 7) is 44.5. The van der Waals surface area contributed by atoms with Crippen LogP contribution in [0, 0.1) is 0 Å². The van der Waals surface area contributed by atoms with Crippen LogP contribution in [-0.4, -0.2) is 48.4 Å². The number of hydrogen-bond acceptors (Lipinski definition) is 8. The predicted octanol–water partition coefficient (Wildman–Crippen LogP) is 21.7. The molecule has 0 aliphatic heterocycles. The third kappa shape index (κ3) is 13.3. The Balaban J connectivity index is 0.000000177. The van der Waals surface area contributed by atoms with Crippen molar-refractivity contribution in [2.24, 2.45) is 0 Å². The molecule has 0 nitrogen and oxygen atoms in total. The topological polar surface area (TPSA) is 0 Å². The van der Waals surface area contributed by atoms with Crippen molar-refractivity contribution in [2.75, 3.05) is 0 Å². The van der Waals surface area contributed by atoms with Gasteiger partial charge >= 0.3 is 0 Å². The summed E-state index contributed by atoms with van der Waals surface area (Å²) in [7, 11) is -8.19. The molecular weight excluding hydrogens is 1510 g/mol. The van der Waals surface area contributed by atoms with Crippen LogP contribution in [0.1, 0.15) is 0 Å². The first-order valence-electron chi connectivity index (χ1n) is 23.0. The average molecular weight is 1570 g/mol. The highest BCUT2D eigenvalue weighted by Gasteiger charge is 2.36. The van der Waals surface area contributed by atoms with Crippen molar-refractivity contribution in [3.05, 3.63) is 74.0 Å². The molecule has 0 amide bonds. The van der Waals surface area contributed by atoms with Gasteiger partial charge in [-0.05, 0) is 171 Å². The fourth-order valence-electron chi connectivity index (χ4n) is 7.30. The Morgan fingerprint density at radius 2 is 0.400 bits per heavy atom. The molecule has 0 bridgehead atoms. The molecule has 0 radical (unpaired) electrons. The highest BCUT2D eigenvalue weighted by atomic mass is 79.9. The van der Waals surface area contributed by atoms with Crippen molar-refractivity contribution in [3.63, 3.8) is 0 Å². The van der Waals surface area contributed by atoms with Crippen molar-refractivity contribution >= 4 is 262 Å². The highest BCUT2D eigenvalue weighted by Crippen LogP contribution is 2.54. The largest absolute Gasteiger partial charge is 0.143 e. The number of halogens is 6. The highest BCUT2D eigenvalue weighted by molar-refractivity contribution is 9.12. The van der Waals surface area contributed by atoms with Gasteiger partial charge in [-0.1, -0.05) is 118 Å². The molecule has 0 saturated carbocycles. The maximum Gasteiger partial charge on any atom is 0.0904 e. The third-order valence-corrected chi connectivity index (χ3v) is 47.2. The monoisotopic (exact) mass is 1560 g/mol. The van der Waals surface area contributed by atoms with Crippen molar-refractivity contribution in [1.29, 1.82) is 0 Å². The number of hydrogen-bond donors (Lipinski definition) is 0. The molecule has 9 rings (SSSR count). The Labute approximate surface area is 507 Å². The van der Waals surface area contributed by atoms with E-state index < -0.39 is 48.4 Å². The molecule has 376 valence electrons. The summed E-state index contributed by atoms with van der Waals surface area (Å²) in [5.74, 6) is 0. The molecule has 0 atom stereocenters. The lowest BCUT2D eigenvalue weighted by Gasteiger charge is -2.12. The molecule has 0 unspecified atom stereocenters. The van der Waals surface area contributed by atoms with Gasteiger partial charge in [0.05, 0.1) is 95.0 Å². The maximum absolute atomic E-state index is 3.77. The fraction of sp³-hybridized carbons (Fsp3) is 0.360. The molecule has 1 aliphatic carbocycles. The second kappa shape index (κ2) is 21.8. The number of thiophene rings is 8. The van der Waals surface area contributed by atoms with Crippen molar-refractivity contribution < 1.29 is 0 Å². The van der Waals surface area contributed by atoms with Gasteiger partial charge in [0.1, 0.15) is 0 Å². The van der Waals surface area contributed by atoms with E-state index in [2.05, 4.69) is 307 Å². The number of rotatable bonds is 8. The number of fused-ring (bicyclic) bond motifs is 8. The zero-order valence-electron chi connectivity index (χ0n) is 43.2. The van der Waals surface area contributed by atoms with Crippen LogP contribution in [0.5, 0.6) is 0 Å². The maximum atomic E-state index is 3.77. The first-order chi connectivity index (χ1) is 31.9. The van der Waals surface area contributed by atoms with E-state index in [9.17, 15) is 0 Å². The van der Waals surface area contributed by atoms with Crippen LogP contribution in [0.15, 0.2) is 74.0 Å². The molecular formula is C50H62Br6S8Si6. The van der Waals surface area contributed by atoms with E-state index in [1.165, 1.54) is 50.7 Å². The van der Waals surface area contributed by atoms with Crippen LogP contribution in [0.25, 0.3) is 61.3 Å². The lowest BCUT2D eigenvalue weighted by atomic mass is 9.97. The van der Waals surface area contributed by atoms with E-state index >= 15 is 0 Å². The van der Waals surface area contributed by atoms with E-state index in [0.717, 1.165) is 16.5 Å². The summed E-state index contributed by atoms with van der Waals surface area (Å²) in [4.78, 5) is 11.5. The third-order valence-electron chi connectivity index (χ3n) is 11.5. The fourth-order valence-corrected chi connectivity index (χ4v) is 33.7. The zero-order chi connectivity index (χ0) is 52.2. The Kier molecular flexibility index (Phi) is 18.5. The Bertz CT molecular complexity index is 2770. The predicted molar refractivity (Wildman–Crippen MR) is 373 cm³/mol. The van der Waals surface area contributed by atoms with Gasteiger partial charge in [-0.15, -0.1) is 90.7 Å². The molecule has 8 aromatic rings. The van der Waals surface area contributed by atoms with Crippen LogP contribution in [0.4, 0.5) is 0 Å². The molecule has 8 aromatic heterocycles. The van der Waals surface area contributed by atoms with Crippen LogP contribution in [0.2, 0.25) is 118 Å². The molecule has 0 aromatic carbocycles. The first-order valence-corrected chi connectivity index (χ1v) is 55.3. The minimum atomic E-state index is -1.43. The Hall–Kier alpha value is 1.78. The second-order valence-corrected chi connectivity index (χ2v) is 70.9. The van der Waals surface area contributed by atoms with E-state index in [-0.39, 0.29) is 0 Å². The van der Waals surface area contributed by atoms with Gasteiger partial charge in [0.25, 0.3) is 0 Å².